The number of hydrogen-bond donors (Lipinski definition) is 1. The van der Waals surface area contributed by atoms with Crippen LogP contribution in [0.5, 0.6) is 0 Å². The van der Waals surface area contributed by atoms with Gasteiger partial charge in [-0.1, -0.05) is 26.5 Å². The maximum Gasteiger partial charge on any atom is 0.0237 e. The van der Waals surface area contributed by atoms with Crippen LogP contribution in [-0.2, 0) is 0 Å². The molecule has 0 saturated heterocycles. The highest BCUT2D eigenvalue weighted by atomic mass is 14.5. The third kappa shape index (κ3) is 5.28. The van der Waals surface area contributed by atoms with Crippen LogP contribution < -0.4 is 5.73 Å². The molecule has 2 N–H and O–H groups in total. The molecule has 0 radical (unpaired) electrons. The smallest absolute Gasteiger partial charge is 0.0237 e. The van der Waals surface area contributed by atoms with Crippen molar-refractivity contribution >= 4 is 0 Å². The molecule has 0 aliphatic rings. The summed E-state index contributed by atoms with van der Waals surface area (Å²) in [5.74, 6) is 0.565. The molecule has 0 aromatic rings. The van der Waals surface area contributed by atoms with E-state index in [4.69, 9.17) is 5.73 Å². The molecule has 0 aliphatic heterocycles. The quantitative estimate of drug-likeness (QED) is 0.539. The molecule has 0 saturated carbocycles. The number of allylic oxidation sites excluding steroid dienone is 2. The van der Waals surface area contributed by atoms with Gasteiger partial charge in [-0.15, -0.1) is 0 Å². The van der Waals surface area contributed by atoms with Crippen LogP contribution in [0.3, 0.4) is 0 Å². The van der Waals surface area contributed by atoms with E-state index in [0.29, 0.717) is 11.6 Å². The number of nitrogens with two attached hydrogens (primary N) is 1. The van der Waals surface area contributed by atoms with E-state index in [1.165, 1.54) is 0 Å². The molecule has 0 aromatic heterocycles. The molecule has 0 bridgehead atoms. The molecule has 0 aromatic carbocycles. The Labute approximate surface area is 50.9 Å². The zero-order chi connectivity index (χ0) is 6.57. The summed E-state index contributed by atoms with van der Waals surface area (Å²) >= 11 is 0. The Balaban J connectivity index is 3.50. The fraction of sp³-hybridized carbons (Fsp3) is 0.429. The van der Waals surface area contributed by atoms with E-state index < -0.39 is 0 Å². The van der Waals surface area contributed by atoms with Gasteiger partial charge in [0.05, 0.1) is 0 Å². The van der Waals surface area contributed by atoms with Crippen LogP contribution in [0.15, 0.2) is 24.4 Å². The summed E-state index contributed by atoms with van der Waals surface area (Å²) in [6.45, 7) is 7.71. The van der Waals surface area contributed by atoms with Gasteiger partial charge in [0.25, 0.3) is 0 Å². The molecule has 0 fully saturated rings. The molecule has 0 amide bonds. The van der Waals surface area contributed by atoms with Crippen LogP contribution in [0.1, 0.15) is 13.8 Å². The van der Waals surface area contributed by atoms with Gasteiger partial charge in [0.1, 0.15) is 0 Å². The van der Waals surface area contributed by atoms with Gasteiger partial charge >= 0.3 is 0 Å². The normalized spacial score (nSPS) is 10.9. The van der Waals surface area contributed by atoms with Crippen LogP contribution in [0.25, 0.3) is 0 Å². The summed E-state index contributed by atoms with van der Waals surface area (Å²) in [6.07, 6.45) is 3.84. The van der Waals surface area contributed by atoms with Crippen molar-refractivity contribution in [3.8, 4) is 0 Å². The highest BCUT2D eigenvalue weighted by Crippen LogP contribution is 1.94. The first-order chi connectivity index (χ1) is 3.63. The first-order valence-corrected chi connectivity index (χ1v) is 2.75. The molecule has 0 rings (SSSR count). The highest BCUT2D eigenvalue weighted by molar-refractivity contribution is 5.09. The van der Waals surface area contributed by atoms with Gasteiger partial charge in [-0.25, -0.2) is 0 Å². The lowest BCUT2D eigenvalue weighted by Crippen LogP contribution is -1.89. The lowest BCUT2D eigenvalue weighted by atomic mass is 10.2. The summed E-state index contributed by atoms with van der Waals surface area (Å²) in [6, 6.07) is 0. The van der Waals surface area contributed by atoms with Crippen LogP contribution in [0.4, 0.5) is 0 Å². The molecule has 1 heteroatoms. The summed E-state index contributed by atoms with van der Waals surface area (Å²) in [5, 5.41) is 0. The van der Waals surface area contributed by atoms with Gasteiger partial charge in [-0.2, -0.15) is 0 Å². The molecule has 0 unspecified atom stereocenters. The van der Waals surface area contributed by atoms with Gasteiger partial charge in [0, 0.05) is 5.70 Å². The Morgan fingerprint density at radius 3 is 2.25 bits per heavy atom. The Kier molecular flexibility index (Phi) is 3.01. The monoisotopic (exact) mass is 111 g/mol. The minimum atomic E-state index is 0.565. The Morgan fingerprint density at radius 1 is 1.62 bits per heavy atom. The van der Waals surface area contributed by atoms with Crippen LogP contribution in [0, 0.1) is 5.92 Å². The zero-order valence-corrected chi connectivity index (χ0v) is 5.52. The minimum absolute atomic E-state index is 0.565. The highest BCUT2D eigenvalue weighted by Gasteiger charge is 1.81. The van der Waals surface area contributed by atoms with Crippen molar-refractivity contribution in [2.45, 2.75) is 13.8 Å². The maximum absolute atomic E-state index is 5.26. The third-order valence-electron chi connectivity index (χ3n) is 0.695. The topological polar surface area (TPSA) is 26.0 Å². The third-order valence-corrected chi connectivity index (χ3v) is 0.695. The van der Waals surface area contributed by atoms with Crippen molar-refractivity contribution in [1.82, 2.24) is 0 Å². The van der Waals surface area contributed by atoms with E-state index in [2.05, 4.69) is 20.4 Å². The van der Waals surface area contributed by atoms with E-state index in [-0.39, 0.29) is 0 Å². The first kappa shape index (κ1) is 7.28. The predicted molar refractivity (Wildman–Crippen MR) is 37.3 cm³/mol. The fourth-order valence-corrected chi connectivity index (χ4v) is 0.316. The lowest BCUT2D eigenvalue weighted by molar-refractivity contribution is 0.830. The number of hydrogen-bond acceptors (Lipinski definition) is 1. The van der Waals surface area contributed by atoms with Gasteiger partial charge in [-0.05, 0) is 12.0 Å². The van der Waals surface area contributed by atoms with Gasteiger partial charge in [-0.3, -0.25) is 0 Å². The lowest BCUT2D eigenvalue weighted by Gasteiger charge is -1.91. The average molecular weight is 111 g/mol. The maximum atomic E-state index is 5.26. The van der Waals surface area contributed by atoms with E-state index in [1.807, 2.05) is 12.2 Å². The summed E-state index contributed by atoms with van der Waals surface area (Å²) in [4.78, 5) is 0. The van der Waals surface area contributed by atoms with Crippen molar-refractivity contribution < 1.29 is 0 Å². The second-order valence-corrected chi connectivity index (χ2v) is 2.18. The Morgan fingerprint density at radius 2 is 2.12 bits per heavy atom. The van der Waals surface area contributed by atoms with Gasteiger partial charge in [0.2, 0.25) is 0 Å². The van der Waals surface area contributed by atoms with Gasteiger partial charge in [0.15, 0.2) is 0 Å². The van der Waals surface area contributed by atoms with Crippen molar-refractivity contribution in [2.75, 3.05) is 0 Å². The van der Waals surface area contributed by atoms with E-state index in [9.17, 15) is 0 Å². The molecular weight excluding hydrogens is 98.1 g/mol. The molecule has 46 valence electrons. The molecule has 8 heavy (non-hydrogen) atoms. The van der Waals surface area contributed by atoms with Crippen molar-refractivity contribution in [1.29, 1.82) is 0 Å². The van der Waals surface area contributed by atoms with Crippen LogP contribution in [0.2, 0.25) is 0 Å². The second kappa shape index (κ2) is 3.30. The van der Waals surface area contributed by atoms with Crippen LogP contribution >= 0.6 is 0 Å². The standard InChI is InChI=1S/C7H13N/c1-6(2)4-5-7(3)8/h4-6H,3,8H2,1-2H3/b5-4-. The van der Waals surface area contributed by atoms with E-state index in [0.717, 1.165) is 0 Å². The summed E-state index contributed by atoms with van der Waals surface area (Å²) in [7, 11) is 0. The fourth-order valence-electron chi connectivity index (χ4n) is 0.316. The van der Waals surface area contributed by atoms with Crippen molar-refractivity contribution in [3.05, 3.63) is 24.4 Å². The molecule has 0 aliphatic carbocycles. The average Bonchev–Trinajstić information content (AvgIpc) is 1.61. The van der Waals surface area contributed by atoms with Crippen molar-refractivity contribution in [3.63, 3.8) is 0 Å². The molecule has 0 spiro atoms. The first-order valence-electron chi connectivity index (χ1n) is 2.75. The molecule has 0 heterocycles. The summed E-state index contributed by atoms with van der Waals surface area (Å²) in [5.41, 5.74) is 5.88. The number of rotatable bonds is 2. The SMILES string of the molecule is C=C(N)/C=C\C(C)C. The van der Waals surface area contributed by atoms with Crippen molar-refractivity contribution in [2.24, 2.45) is 11.7 Å². The predicted octanol–water partition coefficient (Wildman–Crippen LogP) is 1.67. The van der Waals surface area contributed by atoms with E-state index in [1.54, 1.807) is 0 Å². The van der Waals surface area contributed by atoms with E-state index >= 15 is 0 Å². The zero-order valence-electron chi connectivity index (χ0n) is 5.52. The molecular formula is C7H13N. The van der Waals surface area contributed by atoms with Crippen LogP contribution in [-0.4, -0.2) is 0 Å². The summed E-state index contributed by atoms with van der Waals surface area (Å²) < 4.78 is 0. The van der Waals surface area contributed by atoms with Gasteiger partial charge < -0.3 is 5.73 Å². The molecule has 1 nitrogen and oxygen atoms in total. The Bertz CT molecular complexity index is 101. The Hall–Kier alpha value is -0.720. The largest absolute Gasteiger partial charge is 0.399 e. The minimum Gasteiger partial charge on any atom is -0.399 e. The second-order valence-electron chi connectivity index (χ2n) is 2.18. The molecule has 0 atom stereocenters.